The van der Waals surface area contributed by atoms with Gasteiger partial charge in [0.15, 0.2) is 5.16 Å². The summed E-state index contributed by atoms with van der Waals surface area (Å²) in [6.07, 6.45) is 0. The van der Waals surface area contributed by atoms with Gasteiger partial charge in [-0.15, -0.1) is 0 Å². The Labute approximate surface area is 184 Å². The first kappa shape index (κ1) is 22.2. The number of halogens is 1. The number of fused-ring (bicyclic) bond motifs is 1. The van der Waals surface area contributed by atoms with E-state index in [4.69, 9.17) is 16.3 Å². The van der Waals surface area contributed by atoms with E-state index < -0.39 is 5.25 Å². The Hall–Kier alpha value is -2.51. The highest BCUT2D eigenvalue weighted by Gasteiger charge is 2.20. The predicted octanol–water partition coefficient (Wildman–Crippen LogP) is 4.44. The molecule has 0 spiro atoms. The summed E-state index contributed by atoms with van der Waals surface area (Å²) in [5.41, 5.74) is 1.36. The van der Waals surface area contributed by atoms with Crippen molar-refractivity contribution in [2.45, 2.75) is 43.8 Å². The van der Waals surface area contributed by atoms with Gasteiger partial charge in [0.2, 0.25) is 5.91 Å². The van der Waals surface area contributed by atoms with E-state index in [-0.39, 0.29) is 17.5 Å². The lowest BCUT2D eigenvalue weighted by atomic mass is 10.2. The maximum absolute atomic E-state index is 13.0. The Balaban J connectivity index is 1.78. The first-order chi connectivity index (χ1) is 14.3. The van der Waals surface area contributed by atoms with Crippen molar-refractivity contribution in [1.29, 1.82) is 0 Å². The third-order valence-electron chi connectivity index (χ3n) is 4.62. The molecule has 1 atom stereocenters. The lowest BCUT2D eigenvalue weighted by molar-refractivity contribution is -0.120. The molecule has 3 aromatic rings. The Kier molecular flexibility index (Phi) is 7.05. The van der Waals surface area contributed by atoms with E-state index in [1.165, 1.54) is 11.8 Å². The van der Waals surface area contributed by atoms with Gasteiger partial charge in [0.1, 0.15) is 5.75 Å². The number of carbonyl (C=O) groups excluding carboxylic acids is 1. The van der Waals surface area contributed by atoms with Crippen molar-refractivity contribution in [2.24, 2.45) is 0 Å². The molecule has 2 aromatic carbocycles. The highest BCUT2D eigenvalue weighted by molar-refractivity contribution is 8.00. The number of nitrogens with zero attached hydrogens (tertiary/aromatic N) is 2. The van der Waals surface area contributed by atoms with Gasteiger partial charge in [0.05, 0.1) is 23.3 Å². The monoisotopic (exact) mass is 445 g/mol. The molecule has 0 aliphatic heterocycles. The summed E-state index contributed by atoms with van der Waals surface area (Å²) in [5, 5.41) is 4.01. The van der Waals surface area contributed by atoms with Gasteiger partial charge >= 0.3 is 0 Å². The largest absolute Gasteiger partial charge is 0.497 e. The van der Waals surface area contributed by atoms with Crippen LogP contribution >= 0.6 is 23.4 Å². The van der Waals surface area contributed by atoms with Crippen molar-refractivity contribution in [3.8, 4) is 5.75 Å². The van der Waals surface area contributed by atoms with E-state index in [1.54, 1.807) is 36.8 Å². The second kappa shape index (κ2) is 9.53. The molecule has 1 aromatic heterocycles. The van der Waals surface area contributed by atoms with Crippen LogP contribution < -0.4 is 15.6 Å². The molecule has 0 radical (unpaired) electrons. The van der Waals surface area contributed by atoms with Crippen molar-refractivity contribution in [2.75, 3.05) is 7.11 Å². The normalized spacial score (nSPS) is 12.2. The first-order valence-corrected chi connectivity index (χ1v) is 10.8. The van der Waals surface area contributed by atoms with Crippen LogP contribution in [0.15, 0.2) is 52.4 Å². The van der Waals surface area contributed by atoms with Crippen molar-refractivity contribution < 1.29 is 9.53 Å². The van der Waals surface area contributed by atoms with Gasteiger partial charge in [-0.3, -0.25) is 14.2 Å². The standard InChI is InChI=1S/C22H24ClN3O3S/c1-13(2)26-21(28)18-10-7-16(23)11-19(18)25-22(26)30-14(3)20(27)24-12-15-5-8-17(29-4)9-6-15/h5-11,13-14H,12H2,1-4H3,(H,24,27). The third-order valence-corrected chi connectivity index (χ3v) is 5.93. The molecule has 30 heavy (non-hydrogen) atoms. The van der Waals surface area contributed by atoms with Crippen molar-refractivity contribution in [1.82, 2.24) is 14.9 Å². The van der Waals surface area contributed by atoms with Gasteiger partial charge in [-0.1, -0.05) is 35.5 Å². The van der Waals surface area contributed by atoms with Crippen molar-refractivity contribution in [3.63, 3.8) is 0 Å². The Morgan fingerprint density at radius 2 is 1.90 bits per heavy atom. The second-order valence-electron chi connectivity index (χ2n) is 7.15. The van der Waals surface area contributed by atoms with Crippen LogP contribution in [0.3, 0.4) is 0 Å². The van der Waals surface area contributed by atoms with Crippen molar-refractivity contribution >= 4 is 40.2 Å². The smallest absolute Gasteiger partial charge is 0.262 e. The lowest BCUT2D eigenvalue weighted by Crippen LogP contribution is -2.32. The summed E-state index contributed by atoms with van der Waals surface area (Å²) in [7, 11) is 1.61. The fourth-order valence-corrected chi connectivity index (χ4v) is 4.21. The van der Waals surface area contributed by atoms with E-state index in [1.807, 2.05) is 38.1 Å². The van der Waals surface area contributed by atoms with Gasteiger partial charge in [-0.05, 0) is 56.7 Å². The Morgan fingerprint density at radius 3 is 2.53 bits per heavy atom. The summed E-state index contributed by atoms with van der Waals surface area (Å²) in [6.45, 7) is 6.05. The number of rotatable bonds is 7. The minimum Gasteiger partial charge on any atom is -0.497 e. The molecule has 158 valence electrons. The van der Waals surface area contributed by atoms with Crippen LogP contribution in [0, 0.1) is 0 Å². The number of methoxy groups -OCH3 is 1. The van der Waals surface area contributed by atoms with Crippen LogP contribution in [-0.4, -0.2) is 27.8 Å². The Morgan fingerprint density at radius 1 is 1.20 bits per heavy atom. The summed E-state index contributed by atoms with van der Waals surface area (Å²) in [4.78, 5) is 30.2. The van der Waals surface area contributed by atoms with E-state index in [2.05, 4.69) is 10.3 Å². The number of nitrogens with one attached hydrogen (secondary N) is 1. The third kappa shape index (κ3) is 4.96. The average molecular weight is 446 g/mol. The molecule has 1 N–H and O–H groups in total. The van der Waals surface area contributed by atoms with Crippen LogP contribution in [0.4, 0.5) is 0 Å². The molecule has 0 saturated carbocycles. The Bertz CT molecular complexity index is 1110. The van der Waals surface area contributed by atoms with Crippen LogP contribution in [0.5, 0.6) is 5.75 Å². The molecule has 0 aliphatic carbocycles. The molecule has 8 heteroatoms. The summed E-state index contributed by atoms with van der Waals surface area (Å²) < 4.78 is 6.76. The molecule has 0 aliphatic rings. The number of hydrogen-bond donors (Lipinski definition) is 1. The summed E-state index contributed by atoms with van der Waals surface area (Å²) >= 11 is 7.33. The summed E-state index contributed by atoms with van der Waals surface area (Å²) in [6, 6.07) is 12.5. The first-order valence-electron chi connectivity index (χ1n) is 9.59. The number of amides is 1. The van der Waals surface area contributed by atoms with Gasteiger partial charge in [-0.25, -0.2) is 4.98 Å². The van der Waals surface area contributed by atoms with Gasteiger partial charge < -0.3 is 10.1 Å². The second-order valence-corrected chi connectivity index (χ2v) is 8.90. The van der Waals surface area contributed by atoms with E-state index in [0.717, 1.165) is 11.3 Å². The van der Waals surface area contributed by atoms with Crippen LogP contribution in [-0.2, 0) is 11.3 Å². The SMILES string of the molecule is COc1ccc(CNC(=O)C(C)Sc2nc3cc(Cl)ccc3c(=O)n2C(C)C)cc1. The van der Waals surface area contributed by atoms with E-state index in [0.29, 0.717) is 27.6 Å². The minimum absolute atomic E-state index is 0.0952. The molecule has 1 unspecified atom stereocenters. The number of benzene rings is 2. The molecular formula is C22H24ClN3O3S. The number of thioether (sulfide) groups is 1. The molecule has 6 nitrogen and oxygen atoms in total. The number of carbonyl (C=O) groups is 1. The number of aromatic nitrogens is 2. The van der Waals surface area contributed by atoms with Gasteiger partial charge in [-0.2, -0.15) is 0 Å². The van der Waals surface area contributed by atoms with Crippen LogP contribution in [0.25, 0.3) is 10.9 Å². The number of ether oxygens (including phenoxy) is 1. The zero-order valence-corrected chi connectivity index (χ0v) is 18.9. The quantitative estimate of drug-likeness (QED) is 0.430. The molecule has 1 amide bonds. The van der Waals surface area contributed by atoms with Crippen LogP contribution in [0.1, 0.15) is 32.4 Å². The number of hydrogen-bond acceptors (Lipinski definition) is 5. The topological polar surface area (TPSA) is 73.2 Å². The van der Waals surface area contributed by atoms with Crippen LogP contribution in [0.2, 0.25) is 5.02 Å². The minimum atomic E-state index is -0.434. The van der Waals surface area contributed by atoms with Gasteiger partial charge in [0, 0.05) is 17.6 Å². The highest BCUT2D eigenvalue weighted by Crippen LogP contribution is 2.26. The van der Waals surface area contributed by atoms with Crippen molar-refractivity contribution in [3.05, 3.63) is 63.4 Å². The summed E-state index contributed by atoms with van der Waals surface area (Å²) in [5.74, 6) is 0.634. The molecular weight excluding hydrogens is 422 g/mol. The fourth-order valence-electron chi connectivity index (χ4n) is 2.98. The molecule has 0 fully saturated rings. The molecule has 0 bridgehead atoms. The van der Waals surface area contributed by atoms with E-state index >= 15 is 0 Å². The molecule has 3 rings (SSSR count). The zero-order chi connectivity index (χ0) is 21.8. The molecule has 0 saturated heterocycles. The van der Waals surface area contributed by atoms with Gasteiger partial charge in [0.25, 0.3) is 5.56 Å². The fraction of sp³-hybridized carbons (Fsp3) is 0.318. The molecule has 1 heterocycles. The van der Waals surface area contributed by atoms with E-state index in [9.17, 15) is 9.59 Å². The average Bonchev–Trinajstić information content (AvgIpc) is 2.71. The zero-order valence-electron chi connectivity index (χ0n) is 17.3. The highest BCUT2D eigenvalue weighted by atomic mass is 35.5. The predicted molar refractivity (Wildman–Crippen MR) is 122 cm³/mol. The lowest BCUT2D eigenvalue weighted by Gasteiger charge is -2.18. The maximum atomic E-state index is 13.0. The maximum Gasteiger partial charge on any atom is 0.262 e.